The maximum atomic E-state index is 12.4. The topological polar surface area (TPSA) is 114 Å². The highest BCUT2D eigenvalue weighted by Gasteiger charge is 2.26. The third-order valence-corrected chi connectivity index (χ3v) is 5.77. The van der Waals surface area contributed by atoms with Crippen molar-refractivity contribution in [2.75, 3.05) is 25.0 Å². The van der Waals surface area contributed by atoms with E-state index < -0.39 is 5.91 Å². The van der Waals surface area contributed by atoms with Crippen molar-refractivity contribution in [3.63, 3.8) is 0 Å². The third kappa shape index (κ3) is 4.69. The number of primary amides is 1. The first-order valence-electron chi connectivity index (χ1n) is 9.73. The molecule has 9 heteroatoms. The SMILES string of the molecule is NC(=O)c1cccc(-c2nccnc2C2CCCN(CC(=O)Nc3nccs3)C2)c1. The van der Waals surface area contributed by atoms with Crippen molar-refractivity contribution in [1.29, 1.82) is 0 Å². The predicted octanol–water partition coefficient (Wildman–Crippen LogP) is 2.52. The Morgan fingerprint density at radius 3 is 2.87 bits per heavy atom. The molecule has 1 aliphatic heterocycles. The smallest absolute Gasteiger partial charge is 0.248 e. The summed E-state index contributed by atoms with van der Waals surface area (Å²) >= 11 is 1.40. The molecule has 30 heavy (non-hydrogen) atoms. The molecule has 0 spiro atoms. The van der Waals surface area contributed by atoms with E-state index in [9.17, 15) is 9.59 Å². The van der Waals surface area contributed by atoms with Crippen LogP contribution in [0.5, 0.6) is 0 Å². The number of piperidine rings is 1. The molecular weight excluding hydrogens is 400 g/mol. The molecule has 154 valence electrons. The van der Waals surface area contributed by atoms with Crippen LogP contribution in [0.15, 0.2) is 48.2 Å². The van der Waals surface area contributed by atoms with Gasteiger partial charge < -0.3 is 11.1 Å². The highest BCUT2D eigenvalue weighted by molar-refractivity contribution is 7.13. The number of thiazole rings is 1. The minimum Gasteiger partial charge on any atom is -0.366 e. The van der Waals surface area contributed by atoms with E-state index in [2.05, 4.69) is 25.2 Å². The summed E-state index contributed by atoms with van der Waals surface area (Å²) in [5, 5.41) is 5.27. The average molecular weight is 423 g/mol. The second kappa shape index (κ2) is 9.10. The predicted molar refractivity (Wildman–Crippen MR) is 115 cm³/mol. The van der Waals surface area contributed by atoms with Crippen LogP contribution in [0.4, 0.5) is 5.13 Å². The molecule has 1 saturated heterocycles. The Balaban J connectivity index is 1.51. The highest BCUT2D eigenvalue weighted by atomic mass is 32.1. The molecule has 0 bridgehead atoms. The fraction of sp³-hybridized carbons (Fsp3) is 0.286. The van der Waals surface area contributed by atoms with E-state index in [0.717, 1.165) is 36.3 Å². The van der Waals surface area contributed by atoms with Gasteiger partial charge in [-0.25, -0.2) is 4.98 Å². The molecule has 1 atom stereocenters. The Morgan fingerprint density at radius 1 is 1.20 bits per heavy atom. The lowest BCUT2D eigenvalue weighted by atomic mass is 9.91. The lowest BCUT2D eigenvalue weighted by Gasteiger charge is -2.32. The molecule has 3 N–H and O–H groups in total. The number of carbonyl (C=O) groups excluding carboxylic acids is 2. The number of nitrogens with one attached hydrogen (secondary N) is 1. The van der Waals surface area contributed by atoms with E-state index >= 15 is 0 Å². The Kier molecular flexibility index (Phi) is 6.10. The van der Waals surface area contributed by atoms with Crippen LogP contribution in [-0.2, 0) is 4.79 Å². The van der Waals surface area contributed by atoms with Gasteiger partial charge in [0.05, 0.1) is 17.9 Å². The van der Waals surface area contributed by atoms with E-state index in [-0.39, 0.29) is 11.8 Å². The number of amides is 2. The van der Waals surface area contributed by atoms with Crippen LogP contribution in [0.25, 0.3) is 11.3 Å². The molecule has 0 radical (unpaired) electrons. The number of aromatic nitrogens is 3. The molecule has 4 rings (SSSR count). The van der Waals surface area contributed by atoms with Gasteiger partial charge in [-0.1, -0.05) is 12.1 Å². The Bertz CT molecular complexity index is 1040. The summed E-state index contributed by atoms with van der Waals surface area (Å²) in [6, 6.07) is 7.13. The maximum absolute atomic E-state index is 12.4. The normalized spacial score (nSPS) is 16.9. The maximum Gasteiger partial charge on any atom is 0.248 e. The Morgan fingerprint density at radius 2 is 2.07 bits per heavy atom. The summed E-state index contributed by atoms with van der Waals surface area (Å²) < 4.78 is 0. The number of hydrogen-bond donors (Lipinski definition) is 2. The van der Waals surface area contributed by atoms with Gasteiger partial charge >= 0.3 is 0 Å². The summed E-state index contributed by atoms with van der Waals surface area (Å²) in [4.78, 5) is 39.3. The van der Waals surface area contributed by atoms with Gasteiger partial charge in [-0.15, -0.1) is 11.3 Å². The molecule has 0 aliphatic carbocycles. The molecule has 2 aromatic heterocycles. The standard InChI is InChI=1S/C21H22N6O2S/c22-20(29)15-4-1-3-14(11-15)18-19(24-7-6-23-18)16-5-2-9-27(12-16)13-17(28)26-21-25-8-10-30-21/h1,3-4,6-8,10-11,16H,2,5,9,12-13H2,(H2,22,29)(H,25,26,28). The summed E-state index contributed by atoms with van der Waals surface area (Å²) in [7, 11) is 0. The van der Waals surface area contributed by atoms with Crippen LogP contribution in [0.2, 0.25) is 0 Å². The Hall–Kier alpha value is -3.17. The quantitative estimate of drug-likeness (QED) is 0.631. The monoisotopic (exact) mass is 422 g/mol. The lowest BCUT2D eigenvalue weighted by Crippen LogP contribution is -2.40. The number of hydrogen-bond acceptors (Lipinski definition) is 7. The van der Waals surface area contributed by atoms with Crippen LogP contribution in [0, 0.1) is 0 Å². The fourth-order valence-corrected chi connectivity index (χ4v) is 4.30. The van der Waals surface area contributed by atoms with Crippen molar-refractivity contribution < 1.29 is 9.59 Å². The van der Waals surface area contributed by atoms with Crippen molar-refractivity contribution >= 4 is 28.3 Å². The number of likely N-dealkylation sites (tertiary alicyclic amines) is 1. The highest BCUT2D eigenvalue weighted by Crippen LogP contribution is 2.32. The molecule has 1 unspecified atom stereocenters. The number of carbonyl (C=O) groups is 2. The second-order valence-electron chi connectivity index (χ2n) is 7.19. The zero-order chi connectivity index (χ0) is 20.9. The van der Waals surface area contributed by atoms with Crippen molar-refractivity contribution in [2.24, 2.45) is 5.73 Å². The average Bonchev–Trinajstić information content (AvgIpc) is 3.27. The van der Waals surface area contributed by atoms with Crippen LogP contribution in [0.3, 0.4) is 0 Å². The summed E-state index contributed by atoms with van der Waals surface area (Å²) in [6.45, 7) is 1.88. The van der Waals surface area contributed by atoms with Crippen LogP contribution >= 0.6 is 11.3 Å². The Labute approximate surface area is 178 Å². The zero-order valence-electron chi connectivity index (χ0n) is 16.3. The van der Waals surface area contributed by atoms with E-state index in [4.69, 9.17) is 5.73 Å². The van der Waals surface area contributed by atoms with Crippen molar-refractivity contribution in [1.82, 2.24) is 19.9 Å². The van der Waals surface area contributed by atoms with Crippen molar-refractivity contribution in [3.05, 3.63) is 59.5 Å². The number of benzene rings is 1. The first kappa shape index (κ1) is 20.1. The lowest BCUT2D eigenvalue weighted by molar-refractivity contribution is -0.117. The molecule has 8 nitrogen and oxygen atoms in total. The zero-order valence-corrected chi connectivity index (χ0v) is 17.1. The molecule has 3 heterocycles. The second-order valence-corrected chi connectivity index (χ2v) is 8.09. The third-order valence-electron chi connectivity index (χ3n) is 5.09. The molecule has 1 fully saturated rings. The van der Waals surface area contributed by atoms with Gasteiger partial charge in [0.1, 0.15) is 0 Å². The minimum absolute atomic E-state index is 0.0703. The number of anilines is 1. The molecule has 0 saturated carbocycles. The molecule has 1 aliphatic rings. The molecule has 3 aromatic rings. The van der Waals surface area contributed by atoms with Gasteiger partial charge in [0.2, 0.25) is 11.8 Å². The summed E-state index contributed by atoms with van der Waals surface area (Å²) in [6.07, 6.45) is 6.93. The van der Waals surface area contributed by atoms with Crippen molar-refractivity contribution in [3.8, 4) is 11.3 Å². The van der Waals surface area contributed by atoms with Crippen molar-refractivity contribution in [2.45, 2.75) is 18.8 Å². The number of nitrogens with two attached hydrogens (primary N) is 1. The van der Waals surface area contributed by atoms with Gasteiger partial charge in [0.15, 0.2) is 5.13 Å². The van der Waals surface area contributed by atoms with Gasteiger partial charge in [0.25, 0.3) is 0 Å². The van der Waals surface area contributed by atoms with Gasteiger partial charge in [-0.05, 0) is 31.5 Å². The van der Waals surface area contributed by atoms with Gasteiger partial charge in [-0.2, -0.15) is 0 Å². The van der Waals surface area contributed by atoms with E-state index in [1.54, 1.807) is 36.8 Å². The molecule has 2 amide bonds. The fourth-order valence-electron chi connectivity index (χ4n) is 3.76. The first-order valence-corrected chi connectivity index (χ1v) is 10.6. The van der Waals surface area contributed by atoms with E-state index in [0.29, 0.717) is 23.8 Å². The van der Waals surface area contributed by atoms with Crippen LogP contribution < -0.4 is 11.1 Å². The number of rotatable bonds is 6. The largest absolute Gasteiger partial charge is 0.366 e. The van der Waals surface area contributed by atoms with Gasteiger partial charge in [0, 0.05) is 47.6 Å². The van der Waals surface area contributed by atoms with E-state index in [1.807, 2.05) is 11.4 Å². The minimum atomic E-state index is -0.475. The molecular formula is C21H22N6O2S. The summed E-state index contributed by atoms with van der Waals surface area (Å²) in [5.74, 6) is -0.399. The number of nitrogens with zero attached hydrogens (tertiary/aromatic N) is 4. The van der Waals surface area contributed by atoms with Crippen LogP contribution in [0.1, 0.15) is 34.8 Å². The summed E-state index contributed by atoms with van der Waals surface area (Å²) in [5.41, 5.74) is 8.31. The molecule has 1 aromatic carbocycles. The van der Waals surface area contributed by atoms with Gasteiger partial charge in [-0.3, -0.25) is 24.5 Å². The van der Waals surface area contributed by atoms with E-state index in [1.165, 1.54) is 11.3 Å². The van der Waals surface area contributed by atoms with Crippen LogP contribution in [-0.4, -0.2) is 51.3 Å². The first-order chi connectivity index (χ1) is 14.6.